The molecule has 0 N–H and O–H groups in total. The standard InChI is InChI=1S/C56H28BF16.Li/c1-5-25-9-17-29(18-10-25)33-41(58)49(66)37(50(67)42(33)59)57(38-51(68)43(60)34(44(61)52(38)69)30-19-11-26(6-2)12-20-30,39-53(70)45(62)35(46(63)54(39)71)31-21-13-27(7-3)14-22-31)40-55(72)47(64)36(48(65)56(40)73)32-23-15-28(8-4)16-24-32;/h5-24H,1-4H2;/q-1;+1. The van der Waals surface area contributed by atoms with Gasteiger partial charge < -0.3 is 0 Å². The van der Waals surface area contributed by atoms with Crippen LogP contribution in [0.1, 0.15) is 22.3 Å². The molecule has 0 aliphatic rings. The van der Waals surface area contributed by atoms with Crippen LogP contribution < -0.4 is 40.7 Å². The van der Waals surface area contributed by atoms with Gasteiger partial charge in [0.15, 0.2) is 46.5 Å². The Hall–Kier alpha value is -7.74. The summed E-state index contributed by atoms with van der Waals surface area (Å²) in [5.74, 6) is -47.4. The third kappa shape index (κ3) is 8.28. The number of rotatable bonds is 12. The van der Waals surface area contributed by atoms with Crippen molar-refractivity contribution in [2.75, 3.05) is 0 Å². The van der Waals surface area contributed by atoms with E-state index in [4.69, 9.17) is 0 Å². The fourth-order valence-electron chi connectivity index (χ4n) is 9.14. The Morgan fingerprint density at radius 1 is 0.230 bits per heavy atom. The molecule has 0 spiro atoms. The molecule has 0 bridgehead atoms. The van der Waals surface area contributed by atoms with Crippen molar-refractivity contribution in [3.05, 3.63) is 239 Å². The van der Waals surface area contributed by atoms with E-state index in [1.165, 1.54) is 24.3 Å². The summed E-state index contributed by atoms with van der Waals surface area (Å²) in [5, 5.41) is 0. The van der Waals surface area contributed by atoms with Gasteiger partial charge in [-0.1, -0.05) is 148 Å². The molecule has 0 fully saturated rings. The quantitative estimate of drug-likeness (QED) is 0.0650. The summed E-state index contributed by atoms with van der Waals surface area (Å²) in [5.41, 5.74) is -21.7. The van der Waals surface area contributed by atoms with Crippen molar-refractivity contribution in [1.29, 1.82) is 0 Å². The van der Waals surface area contributed by atoms with Crippen molar-refractivity contribution in [3.63, 3.8) is 0 Å². The van der Waals surface area contributed by atoms with Crippen LogP contribution in [-0.2, 0) is 0 Å². The van der Waals surface area contributed by atoms with E-state index in [0.29, 0.717) is 0 Å². The largest absolute Gasteiger partial charge is 1.00 e. The van der Waals surface area contributed by atoms with Gasteiger partial charge in [-0.2, -0.15) is 0 Å². The third-order valence-electron chi connectivity index (χ3n) is 12.7. The predicted octanol–water partition coefficient (Wildman–Crippen LogP) is 11.5. The van der Waals surface area contributed by atoms with E-state index in [1.54, 1.807) is 0 Å². The van der Waals surface area contributed by atoms with Crippen molar-refractivity contribution in [2.24, 2.45) is 0 Å². The van der Waals surface area contributed by atoms with Crippen LogP contribution in [0.25, 0.3) is 68.8 Å². The molecule has 0 atom stereocenters. The summed E-state index contributed by atoms with van der Waals surface area (Å²) in [6, 6.07) is 15.1. The van der Waals surface area contributed by atoms with Gasteiger partial charge in [-0.05, 0) is 44.5 Å². The van der Waals surface area contributed by atoms with E-state index in [2.05, 4.69) is 26.3 Å². The van der Waals surface area contributed by atoms with E-state index >= 15 is 70.2 Å². The third-order valence-corrected chi connectivity index (χ3v) is 12.7. The van der Waals surface area contributed by atoms with Gasteiger partial charge in [0.2, 0.25) is 0 Å². The second-order valence-corrected chi connectivity index (χ2v) is 16.3. The number of hydrogen-bond donors (Lipinski definition) is 0. The summed E-state index contributed by atoms with van der Waals surface area (Å²) in [6.45, 7) is 13.9. The summed E-state index contributed by atoms with van der Waals surface area (Å²) < 4.78 is 277. The Balaban J connectivity index is 0.00000800. The van der Waals surface area contributed by atoms with Crippen LogP contribution in [0.3, 0.4) is 0 Å². The van der Waals surface area contributed by atoms with Crippen molar-refractivity contribution >= 4 is 52.3 Å². The van der Waals surface area contributed by atoms with Crippen LogP contribution >= 0.6 is 0 Å². The molecule has 18 heteroatoms. The molecule has 8 rings (SSSR count). The average Bonchev–Trinajstić information content (AvgIpc) is 3.39. The minimum absolute atomic E-state index is 0. The molecule has 368 valence electrons. The zero-order chi connectivity index (χ0) is 53.1. The molecule has 8 aromatic carbocycles. The van der Waals surface area contributed by atoms with Gasteiger partial charge in [-0.25, -0.2) is 70.2 Å². The van der Waals surface area contributed by atoms with Gasteiger partial charge in [0.1, 0.15) is 52.7 Å². The Morgan fingerprint density at radius 3 is 0.486 bits per heavy atom. The molecule has 0 aliphatic heterocycles. The number of benzene rings is 8. The fourth-order valence-corrected chi connectivity index (χ4v) is 9.14. The molecule has 0 heterocycles. The first-order valence-electron chi connectivity index (χ1n) is 21.3. The van der Waals surface area contributed by atoms with Crippen molar-refractivity contribution in [3.8, 4) is 44.5 Å². The Bertz CT molecular complexity index is 3030. The minimum atomic E-state index is -6.94. The maximum absolute atomic E-state index is 17.6. The summed E-state index contributed by atoms with van der Waals surface area (Å²) in [7, 11) is 0. The van der Waals surface area contributed by atoms with Crippen molar-refractivity contribution in [2.45, 2.75) is 0 Å². The number of halogens is 16. The monoisotopic (exact) mass is 1020 g/mol. The smallest absolute Gasteiger partial charge is 0.207 e. The predicted molar refractivity (Wildman–Crippen MR) is 251 cm³/mol. The van der Waals surface area contributed by atoms with Crippen LogP contribution in [-0.4, -0.2) is 6.15 Å². The zero-order valence-electron chi connectivity index (χ0n) is 38.0. The second-order valence-electron chi connectivity index (χ2n) is 16.3. The first kappa shape index (κ1) is 54.0. The molecule has 0 aromatic heterocycles. The maximum Gasteiger partial charge on any atom is 1.00 e. The molecule has 0 unspecified atom stereocenters. The molecular weight excluding hydrogens is 994 g/mol. The summed E-state index contributed by atoms with van der Waals surface area (Å²) in [4.78, 5) is 0. The second kappa shape index (κ2) is 20.6. The Morgan fingerprint density at radius 2 is 0.365 bits per heavy atom. The number of hydrogen-bond acceptors (Lipinski definition) is 0. The summed E-state index contributed by atoms with van der Waals surface area (Å²) in [6.07, 6.45) is -2.14. The van der Waals surface area contributed by atoms with E-state index in [1.807, 2.05) is 0 Å². The first-order chi connectivity index (χ1) is 34.7. The molecular formula is C56H28BF16Li. The Kier molecular flexibility index (Phi) is 15.1. The van der Waals surface area contributed by atoms with Gasteiger partial charge in [0, 0.05) is 0 Å². The van der Waals surface area contributed by atoms with Crippen molar-refractivity contribution < 1.29 is 89.1 Å². The molecule has 0 aliphatic carbocycles. The SMILES string of the molecule is C=Cc1ccc(-c2c(F)c(F)c([B-](c3c(F)c(F)c(-c4ccc(C=C)cc4)c(F)c3F)(c3c(F)c(F)c(-c4ccc(C=C)cc4)c(F)c3F)c3c(F)c(F)c(-c4ccc(C=C)cc4)c(F)c3F)c(F)c2F)cc1.[Li+]. The Labute approximate surface area is 423 Å². The van der Waals surface area contributed by atoms with Gasteiger partial charge in [0.25, 0.3) is 0 Å². The molecule has 74 heavy (non-hydrogen) atoms. The van der Waals surface area contributed by atoms with E-state index in [-0.39, 0.29) is 41.1 Å². The molecule has 0 amide bonds. The zero-order valence-corrected chi connectivity index (χ0v) is 38.0. The van der Waals surface area contributed by atoms with Crippen LogP contribution in [0.5, 0.6) is 0 Å². The van der Waals surface area contributed by atoms with Crippen molar-refractivity contribution in [1.82, 2.24) is 0 Å². The van der Waals surface area contributed by atoms with Gasteiger partial charge >= 0.3 is 18.9 Å². The molecule has 8 aromatic rings. The van der Waals surface area contributed by atoms with E-state index in [9.17, 15) is 0 Å². The van der Waals surface area contributed by atoms with Crippen LogP contribution in [0.15, 0.2) is 123 Å². The van der Waals surface area contributed by atoms with E-state index < -0.39 is 166 Å². The maximum atomic E-state index is 17.6. The van der Waals surface area contributed by atoms with Gasteiger partial charge in [0.05, 0.1) is 22.3 Å². The average molecular weight is 1020 g/mol. The van der Waals surface area contributed by atoms with Crippen LogP contribution in [0.2, 0.25) is 0 Å². The van der Waals surface area contributed by atoms with Gasteiger partial charge in [-0.3, -0.25) is 0 Å². The fraction of sp³-hybridized carbons (Fsp3) is 0. The van der Waals surface area contributed by atoms with E-state index in [0.717, 1.165) is 97.1 Å². The minimum Gasteiger partial charge on any atom is -0.207 e. The topological polar surface area (TPSA) is 0 Å². The van der Waals surface area contributed by atoms with Crippen LogP contribution in [0, 0.1) is 93.1 Å². The molecule has 0 nitrogen and oxygen atoms in total. The molecule has 0 radical (unpaired) electrons. The molecule has 0 saturated heterocycles. The summed E-state index contributed by atoms with van der Waals surface area (Å²) >= 11 is 0. The van der Waals surface area contributed by atoms with Gasteiger partial charge in [-0.15, -0.1) is 21.9 Å². The normalized spacial score (nSPS) is 11.4. The molecule has 0 saturated carbocycles. The first-order valence-corrected chi connectivity index (χ1v) is 21.3. The van der Waals surface area contributed by atoms with Crippen LogP contribution in [0.4, 0.5) is 70.2 Å².